The maximum Gasteiger partial charge on any atom is 0.168 e. The molecule has 1 aromatic carbocycles. The summed E-state index contributed by atoms with van der Waals surface area (Å²) in [5.74, 6) is 2.60. The van der Waals surface area contributed by atoms with Crippen LogP contribution in [0.3, 0.4) is 0 Å². The van der Waals surface area contributed by atoms with Gasteiger partial charge in [0.05, 0.1) is 6.61 Å². The van der Waals surface area contributed by atoms with Crippen LogP contribution in [-0.2, 0) is 6.61 Å². The lowest BCUT2D eigenvalue weighted by Gasteiger charge is -2.07. The second-order valence-corrected chi connectivity index (χ2v) is 4.04. The molecule has 0 amide bonds. The lowest BCUT2D eigenvalue weighted by atomic mass is 10.3. The molecule has 0 saturated carbocycles. The number of nitrogens with zero attached hydrogens (tertiary/aromatic N) is 2. The summed E-state index contributed by atoms with van der Waals surface area (Å²) < 4.78 is 11.0. The number of anilines is 1. The Bertz CT molecular complexity index is 521. The molecule has 2 rings (SSSR count). The molecule has 19 heavy (non-hydrogen) atoms. The minimum absolute atomic E-state index is 0.292. The van der Waals surface area contributed by atoms with E-state index in [1.54, 1.807) is 6.07 Å². The van der Waals surface area contributed by atoms with Gasteiger partial charge < -0.3 is 15.2 Å². The normalized spacial score (nSPS) is 10.2. The van der Waals surface area contributed by atoms with Crippen molar-refractivity contribution < 1.29 is 9.47 Å². The average Bonchev–Trinajstić information content (AvgIpc) is 2.37. The molecule has 0 aliphatic carbocycles. The van der Waals surface area contributed by atoms with Gasteiger partial charge in [0.1, 0.15) is 23.9 Å². The van der Waals surface area contributed by atoms with Crippen molar-refractivity contribution >= 4 is 5.82 Å². The van der Waals surface area contributed by atoms with Crippen molar-refractivity contribution in [1.29, 1.82) is 0 Å². The van der Waals surface area contributed by atoms with Gasteiger partial charge in [-0.15, -0.1) is 0 Å². The van der Waals surface area contributed by atoms with Crippen LogP contribution < -0.4 is 15.2 Å². The van der Waals surface area contributed by atoms with Gasteiger partial charge in [-0.25, -0.2) is 9.97 Å². The summed E-state index contributed by atoms with van der Waals surface area (Å²) in [5, 5.41) is 0. The van der Waals surface area contributed by atoms with Gasteiger partial charge in [-0.3, -0.25) is 0 Å². The summed E-state index contributed by atoms with van der Waals surface area (Å²) in [6.45, 7) is 4.76. The van der Waals surface area contributed by atoms with Crippen LogP contribution in [0.25, 0.3) is 0 Å². The van der Waals surface area contributed by atoms with Gasteiger partial charge in [-0.2, -0.15) is 0 Å². The van der Waals surface area contributed by atoms with Gasteiger partial charge >= 0.3 is 0 Å². The summed E-state index contributed by atoms with van der Waals surface area (Å²) in [7, 11) is 0. The fourth-order valence-electron chi connectivity index (χ4n) is 1.67. The summed E-state index contributed by atoms with van der Waals surface area (Å²) in [6, 6.07) is 9.16. The Hall–Kier alpha value is -2.30. The summed E-state index contributed by atoms with van der Waals surface area (Å²) >= 11 is 0. The molecule has 0 atom stereocenters. The number of hydrogen-bond donors (Lipinski definition) is 1. The highest BCUT2D eigenvalue weighted by Gasteiger charge is 2.02. The van der Waals surface area contributed by atoms with Gasteiger partial charge in [0.2, 0.25) is 0 Å². The Morgan fingerprint density at radius 3 is 2.26 bits per heavy atom. The van der Waals surface area contributed by atoms with Crippen LogP contribution >= 0.6 is 0 Å². The smallest absolute Gasteiger partial charge is 0.168 e. The number of ether oxygens (including phenoxy) is 2. The summed E-state index contributed by atoms with van der Waals surface area (Å²) in [5.41, 5.74) is 6.49. The van der Waals surface area contributed by atoms with Crippen molar-refractivity contribution in [2.24, 2.45) is 0 Å². The van der Waals surface area contributed by atoms with E-state index < -0.39 is 0 Å². The largest absolute Gasteiger partial charge is 0.494 e. The average molecular weight is 259 g/mol. The fraction of sp³-hybridized carbons (Fsp3) is 0.286. The quantitative estimate of drug-likeness (QED) is 0.892. The zero-order valence-corrected chi connectivity index (χ0v) is 11.1. The molecule has 0 fully saturated rings. The molecule has 1 aromatic heterocycles. The molecule has 0 aliphatic heterocycles. The molecule has 100 valence electrons. The van der Waals surface area contributed by atoms with Gasteiger partial charge in [-0.05, 0) is 38.1 Å². The molecule has 5 heteroatoms. The zero-order valence-electron chi connectivity index (χ0n) is 11.1. The van der Waals surface area contributed by atoms with Gasteiger partial charge in [0.25, 0.3) is 0 Å². The molecular weight excluding hydrogens is 242 g/mol. The second kappa shape index (κ2) is 6.04. The highest BCUT2D eigenvalue weighted by atomic mass is 16.5. The third-order valence-corrected chi connectivity index (χ3v) is 2.42. The monoisotopic (exact) mass is 259 g/mol. The Morgan fingerprint density at radius 1 is 1.05 bits per heavy atom. The molecule has 2 aromatic rings. The van der Waals surface area contributed by atoms with E-state index in [2.05, 4.69) is 9.97 Å². The lowest BCUT2D eigenvalue weighted by molar-refractivity contribution is 0.294. The van der Waals surface area contributed by atoms with Crippen molar-refractivity contribution in [3.05, 3.63) is 41.9 Å². The van der Waals surface area contributed by atoms with Crippen molar-refractivity contribution in [3.63, 3.8) is 0 Å². The van der Waals surface area contributed by atoms with E-state index in [0.29, 0.717) is 24.9 Å². The number of nitrogens with two attached hydrogens (primary N) is 1. The molecule has 0 saturated heterocycles. The Labute approximate surface area is 112 Å². The topological polar surface area (TPSA) is 70.3 Å². The van der Waals surface area contributed by atoms with Crippen LogP contribution in [0.4, 0.5) is 5.82 Å². The molecule has 0 radical (unpaired) electrons. The number of rotatable bonds is 5. The van der Waals surface area contributed by atoms with Crippen molar-refractivity contribution in [3.8, 4) is 11.5 Å². The fourth-order valence-corrected chi connectivity index (χ4v) is 1.67. The van der Waals surface area contributed by atoms with E-state index in [4.69, 9.17) is 15.2 Å². The molecule has 0 aliphatic rings. The summed E-state index contributed by atoms with van der Waals surface area (Å²) in [6.07, 6.45) is 0. The maximum absolute atomic E-state index is 5.66. The third kappa shape index (κ3) is 3.84. The first kappa shape index (κ1) is 13.1. The first-order chi connectivity index (χ1) is 9.17. The van der Waals surface area contributed by atoms with E-state index in [9.17, 15) is 0 Å². The van der Waals surface area contributed by atoms with Crippen molar-refractivity contribution in [1.82, 2.24) is 9.97 Å². The maximum atomic E-state index is 5.66. The molecule has 0 bridgehead atoms. The van der Waals surface area contributed by atoms with E-state index in [1.165, 1.54) is 0 Å². The Balaban J connectivity index is 1.98. The molecule has 0 spiro atoms. The standard InChI is InChI=1S/C14H17N3O2/c1-3-18-11-4-6-12(7-5-11)19-9-14-16-10(2)8-13(15)17-14/h4-8H,3,9H2,1-2H3,(H2,15,16,17). The Morgan fingerprint density at radius 2 is 1.68 bits per heavy atom. The van der Waals surface area contributed by atoms with Crippen LogP contribution in [0.2, 0.25) is 0 Å². The van der Waals surface area contributed by atoms with Crippen LogP contribution in [0.5, 0.6) is 11.5 Å². The lowest BCUT2D eigenvalue weighted by Crippen LogP contribution is -2.05. The highest BCUT2D eigenvalue weighted by molar-refractivity contribution is 5.32. The van der Waals surface area contributed by atoms with Gasteiger partial charge in [0, 0.05) is 11.8 Å². The highest BCUT2D eigenvalue weighted by Crippen LogP contribution is 2.18. The SMILES string of the molecule is CCOc1ccc(OCc2nc(C)cc(N)n2)cc1. The van der Waals surface area contributed by atoms with E-state index in [1.807, 2.05) is 38.1 Å². The number of hydrogen-bond acceptors (Lipinski definition) is 5. The first-order valence-corrected chi connectivity index (χ1v) is 6.13. The van der Waals surface area contributed by atoms with Crippen molar-refractivity contribution in [2.75, 3.05) is 12.3 Å². The van der Waals surface area contributed by atoms with E-state index >= 15 is 0 Å². The van der Waals surface area contributed by atoms with Crippen LogP contribution in [-0.4, -0.2) is 16.6 Å². The molecule has 1 heterocycles. The van der Waals surface area contributed by atoms with Gasteiger partial charge in [0.15, 0.2) is 5.82 Å². The van der Waals surface area contributed by atoms with E-state index in [0.717, 1.165) is 17.2 Å². The van der Waals surface area contributed by atoms with Gasteiger partial charge in [-0.1, -0.05) is 0 Å². The van der Waals surface area contributed by atoms with Crippen LogP contribution in [0.1, 0.15) is 18.4 Å². The number of nitrogen functional groups attached to an aromatic ring is 1. The summed E-state index contributed by atoms with van der Waals surface area (Å²) in [4.78, 5) is 8.37. The molecule has 0 unspecified atom stereocenters. The third-order valence-electron chi connectivity index (χ3n) is 2.42. The predicted molar refractivity (Wildman–Crippen MR) is 73.1 cm³/mol. The van der Waals surface area contributed by atoms with Crippen LogP contribution in [0, 0.1) is 6.92 Å². The minimum atomic E-state index is 0.292. The van der Waals surface area contributed by atoms with Crippen molar-refractivity contribution in [2.45, 2.75) is 20.5 Å². The molecular formula is C14H17N3O2. The Kier molecular flexibility index (Phi) is 4.18. The zero-order chi connectivity index (χ0) is 13.7. The second-order valence-electron chi connectivity index (χ2n) is 4.04. The molecule has 2 N–H and O–H groups in total. The molecule has 5 nitrogen and oxygen atoms in total. The number of aromatic nitrogens is 2. The first-order valence-electron chi connectivity index (χ1n) is 6.13. The van der Waals surface area contributed by atoms with Crippen LogP contribution in [0.15, 0.2) is 30.3 Å². The number of benzene rings is 1. The minimum Gasteiger partial charge on any atom is -0.494 e. The number of aryl methyl sites for hydroxylation is 1. The predicted octanol–water partition coefficient (Wildman–Crippen LogP) is 2.34. The van der Waals surface area contributed by atoms with E-state index in [-0.39, 0.29) is 0 Å².